The van der Waals surface area contributed by atoms with E-state index in [1.165, 1.54) is 5.57 Å². The van der Waals surface area contributed by atoms with Crippen LogP contribution in [0.5, 0.6) is 0 Å². The molecule has 0 saturated heterocycles. The third kappa shape index (κ3) is 3.62. The number of rotatable bonds is 3. The van der Waals surface area contributed by atoms with Crippen molar-refractivity contribution in [1.29, 1.82) is 0 Å². The number of halogens is 1. The van der Waals surface area contributed by atoms with Gasteiger partial charge in [0.15, 0.2) is 0 Å². The van der Waals surface area contributed by atoms with Gasteiger partial charge in [0.25, 0.3) is 0 Å². The van der Waals surface area contributed by atoms with Gasteiger partial charge in [-0.3, -0.25) is 4.99 Å². The molecule has 56 valence electrons. The van der Waals surface area contributed by atoms with Crippen molar-refractivity contribution in [1.82, 2.24) is 0 Å². The number of nitrogens with zero attached hydrogens (tertiary/aromatic N) is 1. The SMILES string of the molecule is C=N/C(C)=C\C(=C/C)CBr. The third-order valence-corrected chi connectivity index (χ3v) is 1.82. The largest absolute Gasteiger partial charge is 0.269 e. The highest BCUT2D eigenvalue weighted by Crippen LogP contribution is 2.05. The molecular weight excluding hydrogens is 190 g/mol. The molecule has 0 aliphatic rings. The first kappa shape index (κ1) is 9.63. The van der Waals surface area contributed by atoms with Crippen molar-refractivity contribution < 1.29 is 0 Å². The Morgan fingerprint density at radius 3 is 2.60 bits per heavy atom. The third-order valence-electron chi connectivity index (χ3n) is 1.17. The molecule has 0 aliphatic carbocycles. The zero-order chi connectivity index (χ0) is 7.98. The van der Waals surface area contributed by atoms with Crippen LogP contribution in [0.25, 0.3) is 0 Å². The minimum Gasteiger partial charge on any atom is -0.269 e. The average Bonchev–Trinajstić information content (AvgIpc) is 1.99. The van der Waals surface area contributed by atoms with Crippen molar-refractivity contribution in [3.63, 3.8) is 0 Å². The first-order chi connectivity index (χ1) is 4.74. The van der Waals surface area contributed by atoms with Crippen LogP contribution < -0.4 is 0 Å². The summed E-state index contributed by atoms with van der Waals surface area (Å²) in [4.78, 5) is 3.77. The molecule has 10 heavy (non-hydrogen) atoms. The smallest absolute Gasteiger partial charge is 0.0368 e. The standard InChI is InChI=1S/C8H12BrN/c1-4-8(6-9)5-7(2)10-3/h4-5H,3,6H2,1-2H3/b7-5-,8-4+. The highest BCUT2D eigenvalue weighted by Gasteiger charge is 1.87. The fourth-order valence-electron chi connectivity index (χ4n) is 0.513. The zero-order valence-electron chi connectivity index (χ0n) is 6.39. The van der Waals surface area contributed by atoms with Gasteiger partial charge in [0.2, 0.25) is 0 Å². The summed E-state index contributed by atoms with van der Waals surface area (Å²) in [7, 11) is 0. The second kappa shape index (κ2) is 5.42. The van der Waals surface area contributed by atoms with Gasteiger partial charge in [0.1, 0.15) is 0 Å². The van der Waals surface area contributed by atoms with E-state index in [0.717, 1.165) is 11.0 Å². The molecule has 0 aliphatic heterocycles. The summed E-state index contributed by atoms with van der Waals surface area (Å²) in [5, 5.41) is 0.871. The van der Waals surface area contributed by atoms with Crippen molar-refractivity contribution in [3.8, 4) is 0 Å². The van der Waals surface area contributed by atoms with Crippen molar-refractivity contribution >= 4 is 22.6 Å². The van der Waals surface area contributed by atoms with E-state index >= 15 is 0 Å². The van der Waals surface area contributed by atoms with Crippen molar-refractivity contribution in [2.75, 3.05) is 5.33 Å². The molecule has 0 aromatic heterocycles. The molecule has 1 nitrogen and oxygen atoms in total. The normalized spacial score (nSPS) is 13.5. The Kier molecular flexibility index (Phi) is 5.22. The Balaban J connectivity index is 4.22. The molecule has 0 N–H and O–H groups in total. The summed E-state index contributed by atoms with van der Waals surface area (Å²) < 4.78 is 0. The van der Waals surface area contributed by atoms with Gasteiger partial charge in [-0.25, -0.2) is 0 Å². The van der Waals surface area contributed by atoms with Crippen molar-refractivity contribution in [3.05, 3.63) is 23.4 Å². The first-order valence-electron chi connectivity index (χ1n) is 3.10. The summed E-state index contributed by atoms with van der Waals surface area (Å²) >= 11 is 3.36. The van der Waals surface area contributed by atoms with E-state index in [1.54, 1.807) is 0 Å². The van der Waals surface area contributed by atoms with Gasteiger partial charge >= 0.3 is 0 Å². The van der Waals surface area contributed by atoms with Crippen LogP contribution >= 0.6 is 15.9 Å². The lowest BCUT2D eigenvalue weighted by Gasteiger charge is -1.94. The highest BCUT2D eigenvalue weighted by molar-refractivity contribution is 9.09. The molecule has 0 bridgehead atoms. The van der Waals surface area contributed by atoms with Gasteiger partial charge in [0, 0.05) is 11.0 Å². The van der Waals surface area contributed by atoms with Crippen LogP contribution in [0.4, 0.5) is 0 Å². The van der Waals surface area contributed by atoms with E-state index in [0.29, 0.717) is 0 Å². The molecule has 0 fully saturated rings. The van der Waals surface area contributed by atoms with Crippen molar-refractivity contribution in [2.45, 2.75) is 13.8 Å². The van der Waals surface area contributed by atoms with Gasteiger partial charge in [-0.1, -0.05) is 22.0 Å². The predicted octanol–water partition coefficient (Wildman–Crippen LogP) is 2.93. The van der Waals surface area contributed by atoms with Crippen LogP contribution in [0, 0.1) is 0 Å². The van der Waals surface area contributed by atoms with E-state index < -0.39 is 0 Å². The maximum Gasteiger partial charge on any atom is 0.0368 e. The van der Waals surface area contributed by atoms with Crippen molar-refractivity contribution in [2.24, 2.45) is 4.99 Å². The lowest BCUT2D eigenvalue weighted by atomic mass is 10.2. The Morgan fingerprint density at radius 2 is 2.30 bits per heavy atom. The zero-order valence-corrected chi connectivity index (χ0v) is 7.98. The summed E-state index contributed by atoms with van der Waals surface area (Å²) in [6, 6.07) is 0. The number of hydrogen-bond acceptors (Lipinski definition) is 1. The molecule has 0 spiro atoms. The van der Waals surface area contributed by atoms with Crippen LogP contribution in [0.2, 0.25) is 0 Å². The fraction of sp³-hybridized carbons (Fsp3) is 0.375. The number of aliphatic imine (C=N–C) groups is 1. The molecule has 2 heteroatoms. The maximum atomic E-state index is 3.77. The lowest BCUT2D eigenvalue weighted by Crippen LogP contribution is -1.78. The molecular formula is C8H12BrN. The average molecular weight is 202 g/mol. The number of hydrogen-bond donors (Lipinski definition) is 0. The Labute approximate surface area is 70.7 Å². The molecule has 0 aromatic rings. The molecule has 0 saturated carbocycles. The predicted molar refractivity (Wildman–Crippen MR) is 50.9 cm³/mol. The molecule has 0 amide bonds. The summed E-state index contributed by atoms with van der Waals surface area (Å²) in [5.74, 6) is 0. The van der Waals surface area contributed by atoms with Gasteiger partial charge in [0.05, 0.1) is 0 Å². The van der Waals surface area contributed by atoms with E-state index in [9.17, 15) is 0 Å². The lowest BCUT2D eigenvalue weighted by molar-refractivity contribution is 1.30. The first-order valence-corrected chi connectivity index (χ1v) is 4.23. The van der Waals surface area contributed by atoms with E-state index in [4.69, 9.17) is 0 Å². The minimum absolute atomic E-state index is 0.871. The fourth-order valence-corrected chi connectivity index (χ4v) is 0.999. The van der Waals surface area contributed by atoms with Gasteiger partial charge in [-0.05, 0) is 32.2 Å². The van der Waals surface area contributed by atoms with Gasteiger partial charge < -0.3 is 0 Å². The van der Waals surface area contributed by atoms with Crippen LogP contribution in [0.15, 0.2) is 28.4 Å². The highest BCUT2D eigenvalue weighted by atomic mass is 79.9. The Bertz CT molecular complexity index is 168. The molecule has 0 atom stereocenters. The molecule has 0 unspecified atom stereocenters. The summed E-state index contributed by atoms with van der Waals surface area (Å²) in [6.07, 6.45) is 4.05. The van der Waals surface area contributed by atoms with Crippen LogP contribution in [-0.4, -0.2) is 12.0 Å². The second-order valence-corrected chi connectivity index (χ2v) is 2.50. The summed E-state index contributed by atoms with van der Waals surface area (Å²) in [6.45, 7) is 7.35. The van der Waals surface area contributed by atoms with Crippen LogP contribution in [0.3, 0.4) is 0 Å². The van der Waals surface area contributed by atoms with Gasteiger partial charge in [-0.2, -0.15) is 0 Å². The molecule has 0 heterocycles. The number of allylic oxidation sites excluding steroid dienone is 4. The Hall–Kier alpha value is -0.370. The minimum atomic E-state index is 0.871. The van der Waals surface area contributed by atoms with Crippen LogP contribution in [-0.2, 0) is 0 Å². The quantitative estimate of drug-likeness (QED) is 0.379. The van der Waals surface area contributed by atoms with E-state index in [1.807, 2.05) is 26.0 Å². The maximum absolute atomic E-state index is 3.77. The molecule has 0 aromatic carbocycles. The Morgan fingerprint density at radius 1 is 1.70 bits per heavy atom. The van der Waals surface area contributed by atoms with Crippen LogP contribution in [0.1, 0.15) is 13.8 Å². The van der Waals surface area contributed by atoms with E-state index in [-0.39, 0.29) is 0 Å². The monoisotopic (exact) mass is 201 g/mol. The van der Waals surface area contributed by atoms with E-state index in [2.05, 4.69) is 27.6 Å². The number of alkyl halides is 1. The van der Waals surface area contributed by atoms with Gasteiger partial charge in [-0.15, -0.1) is 0 Å². The molecule has 0 rings (SSSR count). The molecule has 0 radical (unpaired) electrons. The topological polar surface area (TPSA) is 12.4 Å². The second-order valence-electron chi connectivity index (χ2n) is 1.94. The summed E-state index contributed by atoms with van der Waals surface area (Å²) in [5.41, 5.74) is 2.18.